The molecule has 0 saturated heterocycles. The minimum Gasteiger partial charge on any atom is -0.0776 e. The molecule has 0 N–H and O–H groups in total. The molecule has 0 unspecified atom stereocenters. The van der Waals surface area contributed by atoms with Gasteiger partial charge in [0.2, 0.25) is 0 Å². The fourth-order valence-electron chi connectivity index (χ4n) is 1.54. The summed E-state index contributed by atoms with van der Waals surface area (Å²) in [7, 11) is 0. The van der Waals surface area contributed by atoms with E-state index in [9.17, 15) is 0 Å². The van der Waals surface area contributed by atoms with Gasteiger partial charge in [-0.05, 0) is 24.5 Å². The van der Waals surface area contributed by atoms with Crippen molar-refractivity contribution in [3.63, 3.8) is 0 Å². The van der Waals surface area contributed by atoms with Gasteiger partial charge in [-0.15, -0.1) is 0 Å². The van der Waals surface area contributed by atoms with Crippen LogP contribution in [-0.4, -0.2) is 0 Å². The molecule has 0 saturated carbocycles. The normalized spacial score (nSPS) is 8.29. The molecule has 2 aromatic carbocycles. The Morgan fingerprint density at radius 1 is 0.647 bits per heavy atom. The minimum absolute atomic E-state index is 0. The van der Waals surface area contributed by atoms with Crippen LogP contribution < -0.4 is 0 Å². The molecule has 0 aliphatic carbocycles. The summed E-state index contributed by atoms with van der Waals surface area (Å²) in [4.78, 5) is 0. The molecular weight excluding hydrogens is 204 g/mol. The van der Waals surface area contributed by atoms with Crippen LogP contribution in [0.2, 0.25) is 0 Å². The highest BCUT2D eigenvalue weighted by atomic mass is 14.0. The van der Waals surface area contributed by atoms with Gasteiger partial charge < -0.3 is 0 Å². The van der Waals surface area contributed by atoms with Crippen LogP contribution in [-0.2, 0) is 6.42 Å². The van der Waals surface area contributed by atoms with Gasteiger partial charge in [-0.3, -0.25) is 0 Å². The molecule has 0 bridgehead atoms. The lowest BCUT2D eigenvalue weighted by molar-refractivity contribution is 1.19. The van der Waals surface area contributed by atoms with Gasteiger partial charge in [0.25, 0.3) is 0 Å². The lowest BCUT2D eigenvalue weighted by Crippen LogP contribution is -1.86. The maximum absolute atomic E-state index is 2.20. The third kappa shape index (κ3) is 5.35. The zero-order valence-corrected chi connectivity index (χ0v) is 8.40. The van der Waals surface area contributed by atoms with Gasteiger partial charge in [0.1, 0.15) is 0 Å². The van der Waals surface area contributed by atoms with Gasteiger partial charge in [0, 0.05) is 0 Å². The van der Waals surface area contributed by atoms with E-state index in [1.807, 2.05) is 0 Å². The summed E-state index contributed by atoms with van der Waals surface area (Å²) in [5.41, 5.74) is 4.07. The highest BCUT2D eigenvalue weighted by molar-refractivity contribution is 5.27. The van der Waals surface area contributed by atoms with Crippen LogP contribution in [0, 0.1) is 6.92 Å². The average molecular weight is 230 g/mol. The summed E-state index contributed by atoms with van der Waals surface area (Å²) in [6.07, 6.45) is 1.03. The predicted molar refractivity (Wildman–Crippen MR) is 80.6 cm³/mol. The van der Waals surface area contributed by atoms with Gasteiger partial charge >= 0.3 is 0 Å². The van der Waals surface area contributed by atoms with Gasteiger partial charge in [0.05, 0.1) is 0 Å². The standard InChI is InChI=1S/C14H14.3CH4/c1-12-7-9-14(10-8-12)11-13-5-3-2-4-6-13;;;/h2-10H,11H2,1H3;3*1H4. The smallest absolute Gasteiger partial charge is 0.00258 e. The van der Waals surface area contributed by atoms with Crippen LogP contribution in [0.15, 0.2) is 54.6 Å². The molecule has 17 heavy (non-hydrogen) atoms. The number of benzene rings is 2. The van der Waals surface area contributed by atoms with E-state index in [2.05, 4.69) is 61.5 Å². The Morgan fingerprint density at radius 3 is 1.65 bits per heavy atom. The van der Waals surface area contributed by atoms with Crippen molar-refractivity contribution in [3.8, 4) is 0 Å². The average Bonchev–Trinajstić information content (AvgIpc) is 2.23. The molecule has 0 aliphatic rings. The molecule has 0 atom stereocenters. The fourth-order valence-corrected chi connectivity index (χ4v) is 1.54. The molecule has 0 heteroatoms. The van der Waals surface area contributed by atoms with E-state index in [0.717, 1.165) is 6.42 Å². The molecule has 0 heterocycles. The van der Waals surface area contributed by atoms with Crippen molar-refractivity contribution in [2.45, 2.75) is 35.6 Å². The first-order valence-electron chi connectivity index (χ1n) is 4.94. The largest absolute Gasteiger partial charge is 0.0776 e. The quantitative estimate of drug-likeness (QED) is 0.639. The maximum Gasteiger partial charge on any atom is -0.00258 e. The van der Waals surface area contributed by atoms with Crippen LogP contribution >= 0.6 is 0 Å². The molecule has 2 aromatic rings. The summed E-state index contributed by atoms with van der Waals surface area (Å²) in [5.74, 6) is 0. The highest BCUT2D eigenvalue weighted by Gasteiger charge is 1.94. The van der Waals surface area contributed by atoms with Crippen molar-refractivity contribution in [2.75, 3.05) is 0 Å². The second-order valence-electron chi connectivity index (χ2n) is 3.65. The van der Waals surface area contributed by atoms with E-state index >= 15 is 0 Å². The Morgan fingerprint density at radius 2 is 1.12 bits per heavy atom. The van der Waals surface area contributed by atoms with Crippen molar-refractivity contribution < 1.29 is 0 Å². The Bertz CT molecular complexity index is 384. The Labute approximate surface area is 107 Å². The van der Waals surface area contributed by atoms with Crippen LogP contribution in [0.5, 0.6) is 0 Å². The van der Waals surface area contributed by atoms with E-state index < -0.39 is 0 Å². The number of hydrogen-bond donors (Lipinski definition) is 0. The molecule has 94 valence electrons. The maximum atomic E-state index is 2.20. The molecule has 0 fully saturated rings. The van der Waals surface area contributed by atoms with Gasteiger partial charge in [-0.25, -0.2) is 0 Å². The summed E-state index contributed by atoms with van der Waals surface area (Å²) in [6.45, 7) is 2.12. The first-order chi connectivity index (χ1) is 6.84. The van der Waals surface area contributed by atoms with Crippen LogP contribution in [0.1, 0.15) is 39.0 Å². The van der Waals surface area contributed by atoms with Gasteiger partial charge in [-0.2, -0.15) is 0 Å². The first-order valence-corrected chi connectivity index (χ1v) is 4.94. The van der Waals surface area contributed by atoms with E-state index in [-0.39, 0.29) is 22.3 Å². The molecule has 0 nitrogen and oxygen atoms in total. The Hall–Kier alpha value is -1.56. The summed E-state index contributed by atoms with van der Waals surface area (Å²) in [5, 5.41) is 0. The Kier molecular flexibility index (Phi) is 8.99. The zero-order chi connectivity index (χ0) is 9.80. The van der Waals surface area contributed by atoms with Gasteiger partial charge in [0.15, 0.2) is 0 Å². The number of hydrogen-bond acceptors (Lipinski definition) is 0. The van der Waals surface area contributed by atoms with E-state index in [1.165, 1.54) is 16.7 Å². The number of rotatable bonds is 2. The van der Waals surface area contributed by atoms with E-state index in [1.54, 1.807) is 0 Å². The van der Waals surface area contributed by atoms with Crippen molar-refractivity contribution in [3.05, 3.63) is 71.3 Å². The van der Waals surface area contributed by atoms with Crippen LogP contribution in [0.25, 0.3) is 0 Å². The molecule has 0 spiro atoms. The van der Waals surface area contributed by atoms with Crippen molar-refractivity contribution in [2.24, 2.45) is 0 Å². The first kappa shape index (κ1) is 17.8. The second-order valence-corrected chi connectivity index (χ2v) is 3.65. The fraction of sp³-hybridized carbons (Fsp3) is 0.294. The lowest BCUT2D eigenvalue weighted by Gasteiger charge is -2.01. The SMILES string of the molecule is C.C.C.Cc1ccc(Cc2ccccc2)cc1. The second kappa shape index (κ2) is 8.58. The highest BCUT2D eigenvalue weighted by Crippen LogP contribution is 2.09. The molecule has 2 rings (SSSR count). The lowest BCUT2D eigenvalue weighted by atomic mass is 10.0. The molecular formula is C17H26. The third-order valence-electron chi connectivity index (χ3n) is 2.37. The molecule has 0 amide bonds. The van der Waals surface area contributed by atoms with Crippen molar-refractivity contribution in [1.29, 1.82) is 0 Å². The summed E-state index contributed by atoms with van der Waals surface area (Å²) < 4.78 is 0. The predicted octanol–water partition coefficient (Wildman–Crippen LogP) is 5.49. The summed E-state index contributed by atoms with van der Waals surface area (Å²) >= 11 is 0. The topological polar surface area (TPSA) is 0 Å². The number of aryl methyl sites for hydroxylation is 1. The summed E-state index contributed by atoms with van der Waals surface area (Å²) in [6, 6.07) is 19.3. The minimum atomic E-state index is 0. The van der Waals surface area contributed by atoms with Gasteiger partial charge in [-0.1, -0.05) is 82.4 Å². The zero-order valence-electron chi connectivity index (χ0n) is 8.40. The molecule has 0 aromatic heterocycles. The Balaban J connectivity index is 0. The molecule has 0 radical (unpaired) electrons. The van der Waals surface area contributed by atoms with Crippen LogP contribution in [0.4, 0.5) is 0 Å². The van der Waals surface area contributed by atoms with Crippen molar-refractivity contribution >= 4 is 0 Å². The van der Waals surface area contributed by atoms with E-state index in [0.29, 0.717) is 0 Å². The van der Waals surface area contributed by atoms with Crippen molar-refractivity contribution in [1.82, 2.24) is 0 Å². The third-order valence-corrected chi connectivity index (χ3v) is 2.37. The molecule has 0 aliphatic heterocycles. The monoisotopic (exact) mass is 230 g/mol. The van der Waals surface area contributed by atoms with Crippen LogP contribution in [0.3, 0.4) is 0 Å². The van der Waals surface area contributed by atoms with E-state index in [4.69, 9.17) is 0 Å².